The van der Waals surface area contributed by atoms with Crippen LogP contribution in [0.3, 0.4) is 0 Å². The molecule has 0 radical (unpaired) electrons. The summed E-state index contributed by atoms with van der Waals surface area (Å²) in [6.07, 6.45) is 0. The lowest BCUT2D eigenvalue weighted by Gasteiger charge is -2.18. The molecule has 2 aromatic rings. The van der Waals surface area contributed by atoms with Gasteiger partial charge < -0.3 is 33.7 Å². The van der Waals surface area contributed by atoms with E-state index in [1.165, 1.54) is 21.3 Å². The molecule has 1 aliphatic heterocycles. The van der Waals surface area contributed by atoms with Gasteiger partial charge in [-0.25, -0.2) is 0 Å². The number of methoxy groups -OCH3 is 6. The second kappa shape index (κ2) is 10.6. The minimum Gasteiger partial charge on any atom is -0.493 e. The highest BCUT2D eigenvalue weighted by Gasteiger charge is 2.32. The number of amides is 1. The van der Waals surface area contributed by atoms with Crippen molar-refractivity contribution in [3.8, 4) is 34.5 Å². The van der Waals surface area contributed by atoms with Crippen molar-refractivity contribution < 1.29 is 33.2 Å². The summed E-state index contributed by atoms with van der Waals surface area (Å²) in [6.45, 7) is 0. The van der Waals surface area contributed by atoms with E-state index in [4.69, 9.17) is 28.4 Å². The molecule has 9 nitrogen and oxygen atoms in total. The fourth-order valence-electron chi connectivity index (χ4n) is 3.45. The van der Waals surface area contributed by atoms with Crippen molar-refractivity contribution in [2.24, 2.45) is 0 Å². The van der Waals surface area contributed by atoms with Crippen molar-refractivity contribution in [1.82, 2.24) is 5.32 Å². The van der Waals surface area contributed by atoms with E-state index in [1.807, 2.05) is 12.1 Å². The Labute approximate surface area is 191 Å². The smallest absolute Gasteiger partial charge is 0.242 e. The molecule has 3 rings (SSSR count). The van der Waals surface area contributed by atoms with Gasteiger partial charge in [-0.05, 0) is 17.7 Å². The molecule has 0 spiro atoms. The Bertz CT molecular complexity index is 919. The summed E-state index contributed by atoms with van der Waals surface area (Å²) in [4.78, 5) is 12.9. The predicted octanol–water partition coefficient (Wildman–Crippen LogP) is 3.08. The van der Waals surface area contributed by atoms with Gasteiger partial charge in [0.2, 0.25) is 17.4 Å². The van der Waals surface area contributed by atoms with Gasteiger partial charge in [0.15, 0.2) is 23.0 Å². The van der Waals surface area contributed by atoms with E-state index in [0.717, 1.165) is 5.56 Å². The lowest BCUT2D eigenvalue weighted by molar-refractivity contribution is -0.117. The first kappa shape index (κ1) is 23.7. The third-order valence-corrected chi connectivity index (χ3v) is 6.29. The fourth-order valence-corrected chi connectivity index (χ4v) is 4.67. The van der Waals surface area contributed by atoms with E-state index in [0.29, 0.717) is 45.9 Å². The molecule has 1 unspecified atom stereocenters. The van der Waals surface area contributed by atoms with Crippen molar-refractivity contribution in [3.05, 3.63) is 29.8 Å². The fraction of sp³-hybridized carbons (Fsp3) is 0.409. The van der Waals surface area contributed by atoms with Gasteiger partial charge in [0.05, 0.1) is 54.1 Å². The van der Waals surface area contributed by atoms with Crippen molar-refractivity contribution in [2.45, 2.75) is 11.4 Å². The summed E-state index contributed by atoms with van der Waals surface area (Å²) in [5.41, 5.74) is 1.47. The molecule has 2 atom stereocenters. The van der Waals surface area contributed by atoms with E-state index >= 15 is 0 Å². The van der Waals surface area contributed by atoms with Gasteiger partial charge in [0.1, 0.15) is 0 Å². The van der Waals surface area contributed by atoms with Crippen LogP contribution in [-0.4, -0.2) is 60.4 Å². The van der Waals surface area contributed by atoms with Gasteiger partial charge in [-0.3, -0.25) is 10.1 Å². The summed E-state index contributed by atoms with van der Waals surface area (Å²) >= 11 is 1.62. The number of hydrogen-bond acceptors (Lipinski definition) is 9. The molecule has 1 fully saturated rings. The SMILES string of the molecule is COc1cc(NC(=O)[C@@H]2CSC(c3cc(OC)c(OC)c(OC)c3)N2)cc(OC)c1OC. The summed E-state index contributed by atoms with van der Waals surface area (Å²) in [6, 6.07) is 6.75. The number of nitrogens with one attached hydrogen (secondary N) is 2. The first-order chi connectivity index (χ1) is 15.5. The van der Waals surface area contributed by atoms with Crippen LogP contribution in [-0.2, 0) is 4.79 Å². The molecule has 0 bridgehead atoms. The van der Waals surface area contributed by atoms with Crippen LogP contribution in [0.4, 0.5) is 5.69 Å². The van der Waals surface area contributed by atoms with Crippen LogP contribution < -0.4 is 39.1 Å². The van der Waals surface area contributed by atoms with E-state index in [2.05, 4.69) is 10.6 Å². The van der Waals surface area contributed by atoms with Crippen LogP contribution >= 0.6 is 11.8 Å². The maximum absolute atomic E-state index is 12.9. The van der Waals surface area contributed by atoms with Gasteiger partial charge in [-0.15, -0.1) is 11.8 Å². The molecular weight excluding hydrogens is 436 g/mol. The predicted molar refractivity (Wildman–Crippen MR) is 123 cm³/mol. The Morgan fingerprint density at radius 1 is 0.812 bits per heavy atom. The zero-order chi connectivity index (χ0) is 23.3. The van der Waals surface area contributed by atoms with Crippen LogP contribution in [0.15, 0.2) is 24.3 Å². The van der Waals surface area contributed by atoms with Gasteiger partial charge in [0, 0.05) is 23.6 Å². The number of benzene rings is 2. The summed E-state index contributed by atoms with van der Waals surface area (Å²) in [7, 11) is 9.29. The van der Waals surface area contributed by atoms with Crippen LogP contribution in [0, 0.1) is 0 Å². The molecule has 174 valence electrons. The van der Waals surface area contributed by atoms with Gasteiger partial charge in [0.25, 0.3) is 0 Å². The van der Waals surface area contributed by atoms with Crippen molar-refractivity contribution >= 4 is 23.4 Å². The normalized spacial score (nSPS) is 17.4. The highest BCUT2D eigenvalue weighted by Crippen LogP contribution is 2.43. The number of hydrogen-bond donors (Lipinski definition) is 2. The van der Waals surface area contributed by atoms with Gasteiger partial charge in [-0.2, -0.15) is 0 Å². The van der Waals surface area contributed by atoms with E-state index < -0.39 is 6.04 Å². The van der Waals surface area contributed by atoms with Crippen LogP contribution in [0.5, 0.6) is 34.5 Å². The molecule has 32 heavy (non-hydrogen) atoms. The average molecular weight is 465 g/mol. The number of anilines is 1. The van der Waals surface area contributed by atoms with Crippen molar-refractivity contribution in [3.63, 3.8) is 0 Å². The Kier molecular flexibility index (Phi) is 7.81. The lowest BCUT2D eigenvalue weighted by atomic mass is 10.1. The number of thioether (sulfide) groups is 1. The standard InChI is InChI=1S/C22H28N2O7S/c1-26-15-7-12(8-16(27-2)19(15)30-5)22-24-14(11-32-22)21(25)23-13-9-17(28-3)20(31-6)18(10-13)29-4/h7-10,14,22,24H,11H2,1-6H3,(H,23,25)/t14-,22?/m0/s1. The first-order valence-corrected chi connectivity index (χ1v) is 10.8. The van der Waals surface area contributed by atoms with Gasteiger partial charge >= 0.3 is 0 Å². The molecule has 1 saturated heterocycles. The molecule has 0 aliphatic carbocycles. The molecule has 0 aromatic heterocycles. The molecule has 2 N–H and O–H groups in total. The Morgan fingerprint density at radius 3 is 1.72 bits per heavy atom. The Morgan fingerprint density at radius 2 is 1.28 bits per heavy atom. The highest BCUT2D eigenvalue weighted by molar-refractivity contribution is 7.99. The van der Waals surface area contributed by atoms with E-state index in [9.17, 15) is 4.79 Å². The van der Waals surface area contributed by atoms with Crippen LogP contribution in [0.2, 0.25) is 0 Å². The minimum atomic E-state index is -0.400. The largest absolute Gasteiger partial charge is 0.493 e. The van der Waals surface area contributed by atoms with Crippen molar-refractivity contribution in [2.75, 3.05) is 53.7 Å². The van der Waals surface area contributed by atoms with Crippen LogP contribution in [0.1, 0.15) is 10.9 Å². The summed E-state index contributed by atoms with van der Waals surface area (Å²) in [5, 5.41) is 6.17. The zero-order valence-electron chi connectivity index (χ0n) is 18.9. The van der Waals surface area contributed by atoms with Gasteiger partial charge in [-0.1, -0.05) is 0 Å². The number of rotatable bonds is 9. The third kappa shape index (κ3) is 4.76. The average Bonchev–Trinajstić information content (AvgIpc) is 3.32. The third-order valence-electron chi connectivity index (χ3n) is 5.02. The topological polar surface area (TPSA) is 96.5 Å². The highest BCUT2D eigenvalue weighted by atomic mass is 32.2. The Balaban J connectivity index is 1.76. The first-order valence-electron chi connectivity index (χ1n) is 9.78. The molecule has 0 saturated carbocycles. The monoisotopic (exact) mass is 464 g/mol. The molecule has 1 aliphatic rings. The Hall–Kier alpha value is -2.98. The molecule has 1 heterocycles. The zero-order valence-corrected chi connectivity index (χ0v) is 19.8. The molecular formula is C22H28N2O7S. The number of carbonyl (C=O) groups is 1. The number of ether oxygens (including phenoxy) is 6. The van der Waals surface area contributed by atoms with Crippen LogP contribution in [0.25, 0.3) is 0 Å². The molecule has 10 heteroatoms. The molecule has 1 amide bonds. The molecule has 2 aromatic carbocycles. The summed E-state index contributed by atoms with van der Waals surface area (Å²) < 4.78 is 32.3. The second-order valence-electron chi connectivity index (χ2n) is 6.79. The lowest BCUT2D eigenvalue weighted by Crippen LogP contribution is -2.38. The van der Waals surface area contributed by atoms with E-state index in [-0.39, 0.29) is 11.3 Å². The maximum atomic E-state index is 12.9. The van der Waals surface area contributed by atoms with Crippen molar-refractivity contribution in [1.29, 1.82) is 0 Å². The minimum absolute atomic E-state index is 0.112. The van der Waals surface area contributed by atoms with E-state index in [1.54, 1.807) is 45.2 Å². The maximum Gasteiger partial charge on any atom is 0.242 e. The number of carbonyl (C=O) groups excluding carboxylic acids is 1. The summed E-state index contributed by atoms with van der Waals surface area (Å²) in [5.74, 6) is 3.48. The second-order valence-corrected chi connectivity index (χ2v) is 7.93. The quantitative estimate of drug-likeness (QED) is 0.580.